The van der Waals surface area contributed by atoms with E-state index < -0.39 is 17.9 Å². The van der Waals surface area contributed by atoms with E-state index >= 15 is 0 Å². The molecule has 0 bridgehead atoms. The Morgan fingerprint density at radius 3 is 2.62 bits per heavy atom. The second kappa shape index (κ2) is 7.20. The largest absolute Gasteiger partial charge is 0.480 e. The molecule has 2 amide bonds. The maximum Gasteiger partial charge on any atom is 0.326 e. The molecule has 1 aromatic carbocycles. The van der Waals surface area contributed by atoms with Gasteiger partial charge in [0.25, 0.3) is 5.91 Å². The number of fused-ring (bicyclic) bond motifs is 1. The molecule has 4 rings (SSSR count). The van der Waals surface area contributed by atoms with Crippen LogP contribution in [0.4, 0.5) is 0 Å². The van der Waals surface area contributed by atoms with Crippen LogP contribution in [0.25, 0.3) is 0 Å². The molecule has 0 spiro atoms. The average molecular weight is 395 g/mol. The number of carboxylic acid groups (broad SMARTS) is 1. The number of ether oxygens (including phenoxy) is 1. The minimum Gasteiger partial charge on any atom is -0.480 e. The molecule has 2 N–H and O–H groups in total. The van der Waals surface area contributed by atoms with Crippen molar-refractivity contribution in [3.8, 4) is 11.6 Å². The first-order chi connectivity index (χ1) is 13.9. The number of nitrogens with zero attached hydrogens (tertiary/aromatic N) is 2. The lowest BCUT2D eigenvalue weighted by molar-refractivity contribution is -0.149. The van der Waals surface area contributed by atoms with Crippen LogP contribution in [-0.4, -0.2) is 51.4 Å². The highest BCUT2D eigenvalue weighted by atomic mass is 16.5. The average Bonchev–Trinajstić information content (AvgIpc) is 3.27. The van der Waals surface area contributed by atoms with Crippen LogP contribution in [0, 0.1) is 5.41 Å². The number of pyridine rings is 1. The third-order valence-electron chi connectivity index (χ3n) is 5.57. The Kier molecular flexibility index (Phi) is 4.70. The first kappa shape index (κ1) is 18.9. The molecule has 150 valence electrons. The fraction of sp³-hybridized carbons (Fsp3) is 0.333. The predicted molar refractivity (Wildman–Crippen MR) is 102 cm³/mol. The molecule has 0 radical (unpaired) electrons. The topological polar surface area (TPSA) is 109 Å². The number of nitrogens with one attached hydrogen (secondary N) is 1. The molecule has 2 aliphatic rings. The number of carboxylic acids is 1. The number of aliphatic carboxylic acids is 1. The molecule has 3 atom stereocenters. The molecule has 2 fully saturated rings. The van der Waals surface area contributed by atoms with Crippen molar-refractivity contribution in [1.29, 1.82) is 0 Å². The lowest BCUT2D eigenvalue weighted by Gasteiger charge is -2.24. The van der Waals surface area contributed by atoms with Gasteiger partial charge in [-0.25, -0.2) is 9.78 Å². The van der Waals surface area contributed by atoms with Crippen molar-refractivity contribution in [3.63, 3.8) is 0 Å². The van der Waals surface area contributed by atoms with E-state index in [4.69, 9.17) is 4.74 Å². The highest BCUT2D eigenvalue weighted by Crippen LogP contribution is 2.59. The summed E-state index contributed by atoms with van der Waals surface area (Å²) in [4.78, 5) is 41.8. The van der Waals surface area contributed by atoms with Crippen molar-refractivity contribution in [2.24, 2.45) is 5.41 Å². The summed E-state index contributed by atoms with van der Waals surface area (Å²) in [6, 6.07) is 11.4. The Hall–Kier alpha value is -3.42. The number of carbonyl (C=O) groups excluding carboxylic acids is 2. The van der Waals surface area contributed by atoms with E-state index in [1.807, 2.05) is 25.1 Å². The number of likely N-dealkylation sites (tertiary alicyclic amines) is 1. The van der Waals surface area contributed by atoms with Crippen molar-refractivity contribution >= 4 is 17.8 Å². The smallest absolute Gasteiger partial charge is 0.326 e. The van der Waals surface area contributed by atoms with Crippen LogP contribution in [0.3, 0.4) is 0 Å². The lowest BCUT2D eigenvalue weighted by atomic mass is 10.0. The van der Waals surface area contributed by atoms with E-state index in [1.54, 1.807) is 24.3 Å². The normalized spacial score (nSPS) is 24.5. The Morgan fingerprint density at radius 2 is 1.97 bits per heavy atom. The Morgan fingerprint density at radius 1 is 1.21 bits per heavy atom. The van der Waals surface area contributed by atoms with Gasteiger partial charge in [-0.05, 0) is 36.5 Å². The van der Waals surface area contributed by atoms with Gasteiger partial charge >= 0.3 is 5.97 Å². The summed E-state index contributed by atoms with van der Waals surface area (Å²) in [5, 5.41) is 11.9. The van der Waals surface area contributed by atoms with Crippen molar-refractivity contribution in [2.45, 2.75) is 31.8 Å². The molecule has 29 heavy (non-hydrogen) atoms. The lowest BCUT2D eigenvalue weighted by Crippen LogP contribution is -2.47. The molecule has 1 aromatic heterocycles. The first-order valence-corrected chi connectivity index (χ1v) is 9.38. The van der Waals surface area contributed by atoms with E-state index in [2.05, 4.69) is 10.3 Å². The molecule has 8 heteroatoms. The molecule has 2 heterocycles. The molecular weight excluding hydrogens is 374 g/mol. The minimum atomic E-state index is -1.00. The van der Waals surface area contributed by atoms with E-state index in [0.717, 1.165) is 6.42 Å². The van der Waals surface area contributed by atoms with Crippen molar-refractivity contribution in [1.82, 2.24) is 15.2 Å². The number of hydrogen-bond acceptors (Lipinski definition) is 5. The van der Waals surface area contributed by atoms with Crippen LogP contribution in [0.2, 0.25) is 0 Å². The second-order valence-corrected chi connectivity index (χ2v) is 7.72. The van der Waals surface area contributed by atoms with Crippen molar-refractivity contribution < 1.29 is 24.2 Å². The summed E-state index contributed by atoms with van der Waals surface area (Å²) in [5.74, 6) is -0.862. The van der Waals surface area contributed by atoms with Gasteiger partial charge in [-0.2, -0.15) is 0 Å². The summed E-state index contributed by atoms with van der Waals surface area (Å²) in [5.41, 5.74) is 0.173. The maximum absolute atomic E-state index is 12.5. The number of para-hydroxylation sites is 1. The fourth-order valence-electron chi connectivity index (χ4n) is 3.88. The predicted octanol–water partition coefficient (Wildman–Crippen LogP) is 2.07. The molecule has 1 saturated heterocycles. The third-order valence-corrected chi connectivity index (χ3v) is 5.57. The summed E-state index contributed by atoms with van der Waals surface area (Å²) in [6.07, 6.45) is 2.63. The van der Waals surface area contributed by atoms with Crippen molar-refractivity contribution in [3.05, 3.63) is 54.2 Å². The number of piperidine rings is 1. The van der Waals surface area contributed by atoms with Crippen LogP contribution in [0.5, 0.6) is 11.6 Å². The highest BCUT2D eigenvalue weighted by Gasteiger charge is 2.64. The SMILES string of the molecule is C[C@@]12C[C@@H]1N(C(=O)CNC(=O)c1ccc(Oc3ccccc3)nc1)[C@H](C(=O)O)C2. The number of hydrogen-bond donors (Lipinski definition) is 2. The van der Waals surface area contributed by atoms with Crippen molar-refractivity contribution in [2.75, 3.05) is 6.54 Å². The number of rotatable bonds is 6. The zero-order valence-corrected chi connectivity index (χ0v) is 15.9. The van der Waals surface area contributed by atoms with E-state index in [9.17, 15) is 19.5 Å². The van der Waals surface area contributed by atoms with Gasteiger partial charge in [-0.15, -0.1) is 0 Å². The third kappa shape index (κ3) is 3.78. The summed E-state index contributed by atoms with van der Waals surface area (Å²) in [6.45, 7) is 1.74. The number of benzene rings is 1. The minimum absolute atomic E-state index is 0.0518. The maximum atomic E-state index is 12.5. The molecule has 1 aliphatic heterocycles. The van der Waals surface area contributed by atoms with E-state index in [1.165, 1.54) is 11.1 Å². The monoisotopic (exact) mass is 395 g/mol. The standard InChI is InChI=1S/C21H21N3O5/c1-21-9-15(20(27)28)24(16(21)10-21)18(25)12-23-19(26)13-7-8-17(22-11-13)29-14-5-3-2-4-6-14/h2-8,11,15-16H,9-10,12H2,1H3,(H,23,26)(H,27,28)/t15-,16-,21+/m0/s1. The molecule has 2 aromatic rings. The van der Waals surface area contributed by atoms with Crippen LogP contribution in [-0.2, 0) is 9.59 Å². The van der Waals surface area contributed by atoms with Gasteiger partial charge in [0.15, 0.2) is 0 Å². The molecule has 0 unspecified atom stereocenters. The van der Waals surface area contributed by atoms with Crippen LogP contribution >= 0.6 is 0 Å². The quantitative estimate of drug-likeness (QED) is 0.775. The number of carbonyl (C=O) groups is 3. The highest BCUT2D eigenvalue weighted by molar-refractivity contribution is 5.97. The van der Waals surface area contributed by atoms with E-state index in [0.29, 0.717) is 18.1 Å². The molecule has 1 saturated carbocycles. The first-order valence-electron chi connectivity index (χ1n) is 9.38. The Balaban J connectivity index is 1.34. The summed E-state index contributed by atoms with van der Waals surface area (Å²) in [7, 11) is 0. The van der Waals surface area contributed by atoms with Gasteiger partial charge in [0.05, 0.1) is 12.1 Å². The summed E-state index contributed by atoms with van der Waals surface area (Å²) >= 11 is 0. The number of amides is 2. The Bertz CT molecular complexity index is 947. The fourth-order valence-corrected chi connectivity index (χ4v) is 3.88. The van der Waals surface area contributed by atoms with Gasteiger partial charge < -0.3 is 20.1 Å². The Labute approximate surface area is 167 Å². The van der Waals surface area contributed by atoms with Gasteiger partial charge in [0, 0.05) is 18.3 Å². The second-order valence-electron chi connectivity index (χ2n) is 7.72. The zero-order valence-electron chi connectivity index (χ0n) is 15.9. The summed E-state index contributed by atoms with van der Waals surface area (Å²) < 4.78 is 5.58. The van der Waals surface area contributed by atoms with Gasteiger partial charge in [0.1, 0.15) is 11.8 Å². The molecule has 8 nitrogen and oxygen atoms in total. The van der Waals surface area contributed by atoms with Crippen LogP contribution in [0.1, 0.15) is 30.1 Å². The van der Waals surface area contributed by atoms with Gasteiger partial charge in [-0.1, -0.05) is 25.1 Å². The zero-order chi connectivity index (χ0) is 20.6. The van der Waals surface area contributed by atoms with Gasteiger partial charge in [-0.3, -0.25) is 9.59 Å². The van der Waals surface area contributed by atoms with E-state index in [-0.39, 0.29) is 29.5 Å². The van der Waals surface area contributed by atoms with Crippen LogP contribution in [0.15, 0.2) is 48.7 Å². The number of aromatic nitrogens is 1. The van der Waals surface area contributed by atoms with Gasteiger partial charge in [0.2, 0.25) is 11.8 Å². The molecular formula is C21H21N3O5. The molecule has 1 aliphatic carbocycles. The van der Waals surface area contributed by atoms with Crippen LogP contribution < -0.4 is 10.1 Å².